The molecule has 0 aromatic heterocycles. The van der Waals surface area contributed by atoms with Gasteiger partial charge < -0.3 is 9.80 Å². The Morgan fingerprint density at radius 2 is 2.12 bits per heavy atom. The van der Waals surface area contributed by atoms with Gasteiger partial charge in [0.05, 0.1) is 0 Å². The molecule has 2 aliphatic heterocycles. The topological polar surface area (TPSA) is 40.6 Å². The SMILES string of the molecule is C[C@]12CCCC(=O)N1CCN2C(=O)C(Cl)Cl. The number of hydrogen-bond acceptors (Lipinski definition) is 2. The number of amides is 2. The van der Waals surface area contributed by atoms with E-state index in [1.54, 1.807) is 9.80 Å². The Balaban J connectivity index is 2.24. The number of halogens is 2. The number of piperidine rings is 1. The lowest BCUT2D eigenvalue weighted by Gasteiger charge is -2.44. The third-order valence-corrected chi connectivity index (χ3v) is 3.88. The molecule has 6 heteroatoms. The Bertz CT molecular complexity index is 335. The molecule has 2 fully saturated rings. The second kappa shape index (κ2) is 4.08. The molecule has 2 saturated heterocycles. The zero-order valence-electron chi connectivity index (χ0n) is 9.08. The van der Waals surface area contributed by atoms with Gasteiger partial charge in [0.1, 0.15) is 5.66 Å². The number of carbonyl (C=O) groups excluding carboxylic acids is 2. The molecule has 0 aromatic rings. The van der Waals surface area contributed by atoms with Crippen LogP contribution in [0.2, 0.25) is 0 Å². The van der Waals surface area contributed by atoms with Gasteiger partial charge >= 0.3 is 0 Å². The van der Waals surface area contributed by atoms with Crippen LogP contribution in [0.15, 0.2) is 0 Å². The van der Waals surface area contributed by atoms with E-state index in [-0.39, 0.29) is 11.8 Å². The van der Waals surface area contributed by atoms with Crippen molar-refractivity contribution < 1.29 is 9.59 Å². The summed E-state index contributed by atoms with van der Waals surface area (Å²) in [5.74, 6) is -0.187. The predicted molar refractivity (Wildman–Crippen MR) is 61.2 cm³/mol. The van der Waals surface area contributed by atoms with Crippen LogP contribution in [0.3, 0.4) is 0 Å². The molecule has 2 aliphatic rings. The molecule has 0 unspecified atom stereocenters. The summed E-state index contributed by atoms with van der Waals surface area (Å²) in [6.07, 6.45) is 2.18. The zero-order chi connectivity index (χ0) is 11.9. The van der Waals surface area contributed by atoms with Crippen molar-refractivity contribution >= 4 is 35.0 Å². The van der Waals surface area contributed by atoms with E-state index < -0.39 is 10.5 Å². The maximum Gasteiger partial charge on any atom is 0.257 e. The van der Waals surface area contributed by atoms with E-state index in [9.17, 15) is 9.59 Å². The van der Waals surface area contributed by atoms with Gasteiger partial charge in [-0.05, 0) is 19.8 Å². The molecule has 0 saturated carbocycles. The molecule has 2 heterocycles. The molecule has 1 atom stereocenters. The van der Waals surface area contributed by atoms with Gasteiger partial charge in [0.2, 0.25) is 5.91 Å². The summed E-state index contributed by atoms with van der Waals surface area (Å²) in [6.45, 7) is 3.02. The molecule has 4 nitrogen and oxygen atoms in total. The Hall–Kier alpha value is -0.480. The van der Waals surface area contributed by atoms with Crippen LogP contribution < -0.4 is 0 Å². The normalized spacial score (nSPS) is 29.9. The average molecular weight is 265 g/mol. The molecule has 0 bridgehead atoms. The van der Waals surface area contributed by atoms with Crippen LogP contribution in [0.4, 0.5) is 0 Å². The first-order chi connectivity index (χ1) is 7.47. The van der Waals surface area contributed by atoms with Crippen LogP contribution >= 0.6 is 23.2 Å². The molecule has 0 N–H and O–H groups in total. The minimum Gasteiger partial charge on any atom is -0.318 e. The van der Waals surface area contributed by atoms with Gasteiger partial charge in [0, 0.05) is 19.5 Å². The van der Waals surface area contributed by atoms with Gasteiger partial charge in [0.25, 0.3) is 5.91 Å². The van der Waals surface area contributed by atoms with Crippen molar-refractivity contribution in [3.05, 3.63) is 0 Å². The monoisotopic (exact) mass is 264 g/mol. The second-order valence-electron chi connectivity index (χ2n) is 4.41. The molecule has 0 aliphatic carbocycles. The smallest absolute Gasteiger partial charge is 0.257 e. The fourth-order valence-electron chi connectivity index (χ4n) is 2.67. The number of rotatable bonds is 1. The molecule has 0 radical (unpaired) electrons. The van der Waals surface area contributed by atoms with E-state index in [1.807, 2.05) is 6.92 Å². The quantitative estimate of drug-likeness (QED) is 0.672. The van der Waals surface area contributed by atoms with Crippen LogP contribution in [0.25, 0.3) is 0 Å². The highest BCUT2D eigenvalue weighted by Crippen LogP contribution is 2.36. The van der Waals surface area contributed by atoms with E-state index in [2.05, 4.69) is 0 Å². The van der Waals surface area contributed by atoms with Gasteiger partial charge in [-0.3, -0.25) is 9.59 Å². The lowest BCUT2D eigenvalue weighted by molar-refractivity contribution is -0.149. The molecule has 2 amide bonds. The van der Waals surface area contributed by atoms with E-state index >= 15 is 0 Å². The highest BCUT2D eigenvalue weighted by atomic mass is 35.5. The van der Waals surface area contributed by atoms with Crippen molar-refractivity contribution in [3.63, 3.8) is 0 Å². The summed E-state index contributed by atoms with van der Waals surface area (Å²) < 4.78 is 0. The second-order valence-corrected chi connectivity index (χ2v) is 5.50. The summed E-state index contributed by atoms with van der Waals surface area (Å²) in [4.78, 5) is 25.9. The van der Waals surface area contributed by atoms with Gasteiger partial charge in [-0.2, -0.15) is 0 Å². The third kappa shape index (κ3) is 1.68. The largest absolute Gasteiger partial charge is 0.318 e. The minimum atomic E-state index is -1.05. The van der Waals surface area contributed by atoms with Crippen LogP contribution in [0.5, 0.6) is 0 Å². The van der Waals surface area contributed by atoms with Crippen LogP contribution in [-0.2, 0) is 9.59 Å². The molecule has 2 rings (SSSR count). The summed E-state index contributed by atoms with van der Waals surface area (Å²) in [6, 6.07) is 0. The first-order valence-corrected chi connectivity index (χ1v) is 6.24. The van der Waals surface area contributed by atoms with Crippen molar-refractivity contribution in [2.75, 3.05) is 13.1 Å². The molecule has 0 aromatic carbocycles. The predicted octanol–water partition coefficient (Wildman–Crippen LogP) is 1.36. The number of carbonyl (C=O) groups is 2. The van der Waals surface area contributed by atoms with Crippen molar-refractivity contribution in [1.29, 1.82) is 0 Å². The number of fused-ring (bicyclic) bond motifs is 1. The fourth-order valence-corrected chi connectivity index (χ4v) is 2.90. The van der Waals surface area contributed by atoms with Crippen molar-refractivity contribution in [1.82, 2.24) is 9.80 Å². The lowest BCUT2D eigenvalue weighted by Crippen LogP contribution is -2.57. The van der Waals surface area contributed by atoms with Crippen molar-refractivity contribution in [2.45, 2.75) is 36.7 Å². The summed E-state index contributed by atoms with van der Waals surface area (Å²) in [5.41, 5.74) is -0.519. The maximum absolute atomic E-state index is 11.8. The minimum absolute atomic E-state index is 0.116. The van der Waals surface area contributed by atoms with Crippen molar-refractivity contribution in [2.24, 2.45) is 0 Å². The van der Waals surface area contributed by atoms with Crippen LogP contribution in [-0.4, -0.2) is 45.2 Å². The zero-order valence-corrected chi connectivity index (χ0v) is 10.6. The Kier molecular flexibility index (Phi) is 3.05. The van der Waals surface area contributed by atoms with Crippen LogP contribution in [0, 0.1) is 0 Å². The third-order valence-electron chi connectivity index (χ3n) is 3.50. The highest BCUT2D eigenvalue weighted by molar-refractivity contribution is 6.53. The fraction of sp³-hybridized carbons (Fsp3) is 0.800. The van der Waals surface area contributed by atoms with Gasteiger partial charge in [-0.15, -0.1) is 0 Å². The summed E-state index contributed by atoms with van der Waals surface area (Å²) in [5, 5.41) is 0. The van der Waals surface area contributed by atoms with E-state index in [0.717, 1.165) is 12.8 Å². The van der Waals surface area contributed by atoms with Gasteiger partial charge in [-0.1, -0.05) is 23.2 Å². The first-order valence-electron chi connectivity index (χ1n) is 5.37. The summed E-state index contributed by atoms with van der Waals surface area (Å²) in [7, 11) is 0. The Morgan fingerprint density at radius 3 is 2.75 bits per heavy atom. The number of nitrogens with zero attached hydrogens (tertiary/aromatic N) is 2. The Labute approximate surface area is 104 Å². The number of hydrogen-bond donors (Lipinski definition) is 0. The summed E-state index contributed by atoms with van der Waals surface area (Å²) >= 11 is 11.2. The average Bonchev–Trinajstić information content (AvgIpc) is 2.55. The van der Waals surface area contributed by atoms with Crippen LogP contribution in [0.1, 0.15) is 26.2 Å². The maximum atomic E-state index is 11.8. The van der Waals surface area contributed by atoms with Crippen molar-refractivity contribution in [3.8, 4) is 0 Å². The molecule has 0 spiro atoms. The highest BCUT2D eigenvalue weighted by Gasteiger charge is 2.50. The van der Waals surface area contributed by atoms with E-state index in [0.29, 0.717) is 19.5 Å². The molecule has 16 heavy (non-hydrogen) atoms. The van der Waals surface area contributed by atoms with Gasteiger partial charge in [-0.25, -0.2) is 0 Å². The lowest BCUT2D eigenvalue weighted by atomic mass is 9.96. The van der Waals surface area contributed by atoms with E-state index in [1.165, 1.54) is 0 Å². The van der Waals surface area contributed by atoms with Gasteiger partial charge in [0.15, 0.2) is 4.84 Å². The van der Waals surface area contributed by atoms with E-state index in [4.69, 9.17) is 23.2 Å². The first kappa shape index (κ1) is 12.0. The Morgan fingerprint density at radius 1 is 1.44 bits per heavy atom. The molecule has 90 valence electrons. The molecular formula is C10H14Cl2N2O2. The standard InChI is InChI=1S/C10H14Cl2N2O2/c1-10-4-2-3-7(15)13(10)5-6-14(10)9(16)8(11)12/h8H,2-6H2,1H3/t10-/m0/s1. The molecular weight excluding hydrogens is 251 g/mol. The number of alkyl halides is 2.